The minimum absolute atomic E-state index is 0.00723. The van der Waals surface area contributed by atoms with Crippen molar-refractivity contribution in [3.63, 3.8) is 0 Å². The van der Waals surface area contributed by atoms with Crippen LogP contribution in [0.25, 0.3) is 0 Å². The van der Waals surface area contributed by atoms with Gasteiger partial charge >= 0.3 is 6.09 Å². The molecule has 0 radical (unpaired) electrons. The van der Waals surface area contributed by atoms with E-state index >= 15 is 0 Å². The molecule has 1 aromatic heterocycles. The van der Waals surface area contributed by atoms with Crippen LogP contribution in [0.3, 0.4) is 0 Å². The summed E-state index contributed by atoms with van der Waals surface area (Å²) in [6.45, 7) is 10.5. The van der Waals surface area contributed by atoms with Gasteiger partial charge in [-0.05, 0) is 39.2 Å². The van der Waals surface area contributed by atoms with E-state index in [1.165, 1.54) is 11.8 Å². The fourth-order valence-electron chi connectivity index (χ4n) is 6.00. The maximum absolute atomic E-state index is 13.0. The van der Waals surface area contributed by atoms with E-state index in [0.29, 0.717) is 24.2 Å². The van der Waals surface area contributed by atoms with Crippen LogP contribution in [0, 0.1) is 23.7 Å². The molecule has 0 bridgehead atoms. The van der Waals surface area contributed by atoms with Crippen molar-refractivity contribution in [1.29, 1.82) is 5.26 Å². The quantitative estimate of drug-likeness (QED) is 0.692. The molecule has 178 valence electrons. The smallest absolute Gasteiger partial charge is 0.410 e. The zero-order valence-electron chi connectivity index (χ0n) is 20.1. The summed E-state index contributed by atoms with van der Waals surface area (Å²) in [5.41, 5.74) is 2.74. The normalized spacial score (nSPS) is 24.3. The van der Waals surface area contributed by atoms with Crippen LogP contribution in [0.2, 0.25) is 0 Å². The minimum Gasteiger partial charge on any atom is -0.446 e. The summed E-state index contributed by atoms with van der Waals surface area (Å²) >= 11 is 0. The largest absolute Gasteiger partial charge is 0.446 e. The van der Waals surface area contributed by atoms with Gasteiger partial charge in [0.1, 0.15) is 18.0 Å². The van der Waals surface area contributed by atoms with Gasteiger partial charge in [0.25, 0.3) is 0 Å². The van der Waals surface area contributed by atoms with E-state index in [1.807, 2.05) is 31.7 Å². The van der Waals surface area contributed by atoms with Crippen LogP contribution in [0.5, 0.6) is 0 Å². The zero-order chi connectivity index (χ0) is 23.9. The molecule has 1 aliphatic carbocycles. The molecule has 8 nitrogen and oxygen atoms in total. The molecule has 2 aromatic rings. The first kappa shape index (κ1) is 22.6. The summed E-state index contributed by atoms with van der Waals surface area (Å²) in [5, 5.41) is 9.04. The number of carbonyl (C=O) groups is 1. The van der Waals surface area contributed by atoms with Crippen LogP contribution in [0.4, 0.5) is 10.6 Å². The lowest BCUT2D eigenvalue weighted by molar-refractivity contribution is -0.137. The maximum Gasteiger partial charge on any atom is 0.410 e. The lowest BCUT2D eigenvalue weighted by atomic mass is 9.61. The summed E-state index contributed by atoms with van der Waals surface area (Å²) < 4.78 is 5.93. The van der Waals surface area contributed by atoms with Gasteiger partial charge in [0, 0.05) is 38.1 Å². The number of carbonyl (C=O) groups excluding carboxylic acids is 1. The van der Waals surface area contributed by atoms with Crippen LogP contribution in [0.1, 0.15) is 43.6 Å². The van der Waals surface area contributed by atoms with Gasteiger partial charge in [-0.25, -0.2) is 14.8 Å². The summed E-state index contributed by atoms with van der Waals surface area (Å²) in [5.74, 6) is 0.775. The van der Waals surface area contributed by atoms with Gasteiger partial charge in [-0.3, -0.25) is 9.80 Å². The second-order valence-corrected chi connectivity index (χ2v) is 10.3. The van der Waals surface area contributed by atoms with E-state index in [2.05, 4.69) is 50.1 Å². The lowest BCUT2D eigenvalue weighted by Crippen LogP contribution is -2.65. The molecule has 0 unspecified atom stereocenters. The number of nitrogens with zero attached hydrogens (tertiary/aromatic N) is 6. The monoisotopic (exact) mass is 460 g/mol. The van der Waals surface area contributed by atoms with Crippen molar-refractivity contribution in [2.75, 3.05) is 31.1 Å². The molecule has 3 fully saturated rings. The van der Waals surface area contributed by atoms with Crippen molar-refractivity contribution >= 4 is 11.9 Å². The van der Waals surface area contributed by atoms with Crippen LogP contribution in [-0.4, -0.2) is 70.2 Å². The van der Waals surface area contributed by atoms with Gasteiger partial charge in [-0.15, -0.1) is 0 Å². The fraction of sp³-hybridized carbons (Fsp3) is 0.538. The number of benzene rings is 1. The highest BCUT2D eigenvalue weighted by molar-refractivity contribution is 5.69. The number of aromatic nitrogens is 2. The number of nitriles is 1. The van der Waals surface area contributed by atoms with Gasteiger partial charge < -0.3 is 9.64 Å². The number of piperazine rings is 1. The van der Waals surface area contributed by atoms with E-state index in [4.69, 9.17) is 10.00 Å². The highest BCUT2D eigenvalue weighted by Gasteiger charge is 2.54. The summed E-state index contributed by atoms with van der Waals surface area (Å²) in [4.78, 5) is 28.3. The molecule has 34 heavy (non-hydrogen) atoms. The average Bonchev–Trinajstić information content (AvgIpc) is 2.76. The van der Waals surface area contributed by atoms with Gasteiger partial charge in [-0.2, -0.15) is 5.26 Å². The number of amides is 1. The number of rotatable bonds is 4. The SMILES string of the molecule is Cc1nc(C#N)cnc1N1C[C@@H](C)N(C(=O)OC2CC3(C2)CN(Cc2ccccc2)C3)[C@@H](C)C1. The highest BCUT2D eigenvalue weighted by Crippen LogP contribution is 2.50. The molecular weight excluding hydrogens is 428 g/mol. The third-order valence-electron chi connectivity index (χ3n) is 7.42. The van der Waals surface area contributed by atoms with Crippen molar-refractivity contribution < 1.29 is 9.53 Å². The predicted octanol–water partition coefficient (Wildman–Crippen LogP) is 3.36. The van der Waals surface area contributed by atoms with Gasteiger partial charge in [0.2, 0.25) is 0 Å². The van der Waals surface area contributed by atoms with Gasteiger partial charge in [-0.1, -0.05) is 30.3 Å². The molecule has 1 aromatic carbocycles. The lowest BCUT2D eigenvalue weighted by Gasteiger charge is -2.58. The molecule has 2 atom stereocenters. The Balaban J connectivity index is 1.11. The second-order valence-electron chi connectivity index (χ2n) is 10.3. The third-order valence-corrected chi connectivity index (χ3v) is 7.42. The third kappa shape index (κ3) is 4.32. The van der Waals surface area contributed by atoms with Crippen LogP contribution >= 0.6 is 0 Å². The Bertz CT molecular complexity index is 1070. The molecule has 0 N–H and O–H groups in total. The van der Waals surface area contributed by atoms with Crippen LogP contribution in [0.15, 0.2) is 36.5 Å². The van der Waals surface area contributed by atoms with E-state index in [0.717, 1.165) is 44.0 Å². The summed E-state index contributed by atoms with van der Waals surface area (Å²) in [6.07, 6.45) is 3.25. The Morgan fingerprint density at radius 3 is 2.47 bits per heavy atom. The zero-order valence-corrected chi connectivity index (χ0v) is 20.1. The molecule has 5 rings (SSSR count). The van der Waals surface area contributed by atoms with Gasteiger partial charge in [0.15, 0.2) is 5.69 Å². The van der Waals surface area contributed by atoms with Crippen molar-refractivity contribution in [1.82, 2.24) is 19.8 Å². The van der Waals surface area contributed by atoms with Crippen molar-refractivity contribution in [3.05, 3.63) is 53.5 Å². The first-order valence-electron chi connectivity index (χ1n) is 12.1. The van der Waals surface area contributed by atoms with Crippen molar-refractivity contribution in [3.8, 4) is 6.07 Å². The standard InChI is InChI=1S/C26H32N6O2/c1-18-13-31(24-20(3)29-22(11-27)12-28-24)14-19(2)32(18)25(33)34-23-9-26(10-23)16-30(17-26)15-21-7-5-4-6-8-21/h4-8,12,18-19,23H,9-10,13-17H2,1-3H3/t18-,19+. The van der Waals surface area contributed by atoms with E-state index in [-0.39, 0.29) is 24.3 Å². The number of aryl methyl sites for hydroxylation is 1. The first-order chi connectivity index (χ1) is 16.4. The number of ether oxygens (including phenoxy) is 1. The van der Waals surface area contributed by atoms with Crippen molar-refractivity contribution in [2.24, 2.45) is 5.41 Å². The Morgan fingerprint density at radius 2 is 1.85 bits per heavy atom. The maximum atomic E-state index is 13.0. The van der Waals surface area contributed by atoms with Gasteiger partial charge in [0.05, 0.1) is 24.0 Å². The minimum atomic E-state index is -0.206. The van der Waals surface area contributed by atoms with E-state index in [9.17, 15) is 4.79 Å². The average molecular weight is 461 g/mol. The topological polar surface area (TPSA) is 85.6 Å². The Kier molecular flexibility index (Phi) is 5.90. The molecule has 3 aliphatic rings. The highest BCUT2D eigenvalue weighted by atomic mass is 16.6. The molecule has 1 amide bonds. The fourth-order valence-corrected chi connectivity index (χ4v) is 6.00. The molecular formula is C26H32N6O2. The number of hydrogen-bond donors (Lipinski definition) is 0. The van der Waals surface area contributed by atoms with E-state index in [1.54, 1.807) is 0 Å². The van der Waals surface area contributed by atoms with Crippen LogP contribution < -0.4 is 4.90 Å². The van der Waals surface area contributed by atoms with Crippen molar-refractivity contribution in [2.45, 2.75) is 58.3 Å². The second kappa shape index (κ2) is 8.88. The molecule has 2 saturated heterocycles. The Labute approximate surface area is 201 Å². The molecule has 1 saturated carbocycles. The molecule has 1 spiro atoms. The Hall–Kier alpha value is -3.18. The molecule has 3 heterocycles. The molecule has 8 heteroatoms. The van der Waals surface area contributed by atoms with E-state index < -0.39 is 0 Å². The van der Waals surface area contributed by atoms with Crippen LogP contribution in [-0.2, 0) is 11.3 Å². The molecule has 2 aliphatic heterocycles. The summed E-state index contributed by atoms with van der Waals surface area (Å²) in [6, 6.07) is 12.6. The number of likely N-dealkylation sites (tertiary alicyclic amines) is 1. The Morgan fingerprint density at radius 1 is 1.18 bits per heavy atom. The summed E-state index contributed by atoms with van der Waals surface area (Å²) in [7, 11) is 0. The number of anilines is 1. The predicted molar refractivity (Wildman–Crippen MR) is 128 cm³/mol. The number of hydrogen-bond acceptors (Lipinski definition) is 7. The first-order valence-corrected chi connectivity index (χ1v) is 12.1.